The summed E-state index contributed by atoms with van der Waals surface area (Å²) in [4.78, 5) is 18.0. The Hall–Kier alpha value is -1.57. The summed E-state index contributed by atoms with van der Waals surface area (Å²) in [5.41, 5.74) is 1.14. The smallest absolute Gasteiger partial charge is 0.147 e. The molecule has 0 saturated carbocycles. The fourth-order valence-electron chi connectivity index (χ4n) is 2.72. The lowest BCUT2D eigenvalue weighted by Gasteiger charge is -2.34. The molecule has 0 N–H and O–H groups in total. The molecule has 0 aromatic carbocycles. The van der Waals surface area contributed by atoms with Crippen LogP contribution in [0.5, 0.6) is 0 Å². The average molecular weight is 333 g/mol. The van der Waals surface area contributed by atoms with Gasteiger partial charge >= 0.3 is 0 Å². The molecule has 3 heterocycles. The molecule has 0 spiro atoms. The van der Waals surface area contributed by atoms with Crippen LogP contribution in [-0.4, -0.2) is 52.6 Å². The maximum atomic E-state index is 5.61. The van der Waals surface area contributed by atoms with Crippen LogP contribution in [0, 0.1) is 0 Å². The van der Waals surface area contributed by atoms with Gasteiger partial charge in [0.2, 0.25) is 0 Å². The van der Waals surface area contributed by atoms with Gasteiger partial charge in [0.15, 0.2) is 0 Å². The van der Waals surface area contributed by atoms with E-state index in [-0.39, 0.29) is 6.10 Å². The molecule has 7 heteroatoms. The van der Waals surface area contributed by atoms with Crippen LogP contribution >= 0.6 is 11.3 Å². The van der Waals surface area contributed by atoms with Crippen molar-refractivity contribution in [2.24, 2.45) is 0 Å². The lowest BCUT2D eigenvalue weighted by atomic mass is 10.3. The molecule has 0 aliphatic carbocycles. The molecule has 1 saturated heterocycles. The minimum atomic E-state index is 0.0900. The predicted octanol–water partition coefficient (Wildman–Crippen LogP) is 2.35. The van der Waals surface area contributed by atoms with E-state index in [1.54, 1.807) is 23.7 Å². The van der Waals surface area contributed by atoms with Crippen molar-refractivity contribution < 1.29 is 4.74 Å². The third-order valence-corrected chi connectivity index (χ3v) is 5.02. The summed E-state index contributed by atoms with van der Waals surface area (Å²) in [6, 6.07) is 0. The van der Waals surface area contributed by atoms with Gasteiger partial charge in [-0.05, 0) is 13.8 Å². The van der Waals surface area contributed by atoms with E-state index in [9.17, 15) is 0 Å². The van der Waals surface area contributed by atoms with Crippen molar-refractivity contribution >= 4 is 17.2 Å². The molecule has 1 aliphatic heterocycles. The van der Waals surface area contributed by atoms with E-state index in [4.69, 9.17) is 9.72 Å². The number of aromatic nitrogens is 3. The monoisotopic (exact) mass is 333 g/mol. The molecule has 2 aromatic rings. The first-order valence-electron chi connectivity index (χ1n) is 8.05. The third-order valence-electron chi connectivity index (χ3n) is 3.97. The third kappa shape index (κ3) is 4.25. The van der Waals surface area contributed by atoms with Crippen molar-refractivity contribution in [3.05, 3.63) is 34.7 Å². The van der Waals surface area contributed by atoms with E-state index >= 15 is 0 Å². The van der Waals surface area contributed by atoms with Crippen LogP contribution in [0.2, 0.25) is 0 Å². The number of nitrogens with zero attached hydrogens (tertiary/aromatic N) is 5. The molecule has 6 nitrogen and oxygen atoms in total. The number of ether oxygens (including phenoxy) is 1. The summed E-state index contributed by atoms with van der Waals surface area (Å²) in [5, 5.41) is 3.22. The molecule has 0 radical (unpaired) electrons. The van der Waals surface area contributed by atoms with Crippen LogP contribution in [0.1, 0.15) is 30.7 Å². The van der Waals surface area contributed by atoms with E-state index in [0.717, 1.165) is 55.9 Å². The van der Waals surface area contributed by atoms with Crippen molar-refractivity contribution in [1.29, 1.82) is 0 Å². The molecule has 124 valence electrons. The number of rotatable bonds is 6. The zero-order chi connectivity index (χ0) is 16.1. The Kier molecular flexibility index (Phi) is 5.53. The highest BCUT2D eigenvalue weighted by Crippen LogP contribution is 2.22. The van der Waals surface area contributed by atoms with Gasteiger partial charge in [-0.15, -0.1) is 11.3 Å². The zero-order valence-corrected chi connectivity index (χ0v) is 14.5. The highest BCUT2D eigenvalue weighted by molar-refractivity contribution is 7.09. The van der Waals surface area contributed by atoms with Gasteiger partial charge in [0.25, 0.3) is 0 Å². The van der Waals surface area contributed by atoms with E-state index < -0.39 is 0 Å². The van der Waals surface area contributed by atoms with Gasteiger partial charge in [-0.1, -0.05) is 0 Å². The van der Waals surface area contributed by atoms with Crippen molar-refractivity contribution in [1.82, 2.24) is 19.9 Å². The maximum absolute atomic E-state index is 5.61. The maximum Gasteiger partial charge on any atom is 0.147 e. The Balaban J connectivity index is 1.51. The first-order chi connectivity index (χ1) is 11.3. The standard InChI is InChI=1S/C16H23N5OS/c1-3-22-13(2)16-19-14(12-23-16)11-20-6-8-21(9-7-20)15-10-17-4-5-18-15/h4-5,10,12-13H,3,6-9,11H2,1-2H3. The van der Waals surface area contributed by atoms with Crippen LogP contribution < -0.4 is 4.90 Å². The van der Waals surface area contributed by atoms with Crippen LogP contribution in [0.15, 0.2) is 24.0 Å². The quantitative estimate of drug-likeness (QED) is 0.809. The summed E-state index contributed by atoms with van der Waals surface area (Å²) < 4.78 is 5.61. The van der Waals surface area contributed by atoms with E-state index in [2.05, 4.69) is 32.1 Å². The zero-order valence-electron chi connectivity index (χ0n) is 13.7. The number of hydrogen-bond acceptors (Lipinski definition) is 7. The van der Waals surface area contributed by atoms with Gasteiger partial charge < -0.3 is 9.64 Å². The number of thiazole rings is 1. The largest absolute Gasteiger partial charge is 0.372 e. The molecule has 1 aliphatic rings. The Morgan fingerprint density at radius 3 is 2.78 bits per heavy atom. The summed E-state index contributed by atoms with van der Waals surface area (Å²) in [6.07, 6.45) is 5.38. The molecule has 3 rings (SSSR count). The normalized spacial score (nSPS) is 17.4. The highest BCUT2D eigenvalue weighted by atomic mass is 32.1. The van der Waals surface area contributed by atoms with Gasteiger partial charge in [-0.3, -0.25) is 9.88 Å². The van der Waals surface area contributed by atoms with Crippen molar-refractivity contribution in [2.75, 3.05) is 37.7 Å². The summed E-state index contributed by atoms with van der Waals surface area (Å²) in [6.45, 7) is 9.70. The van der Waals surface area contributed by atoms with Gasteiger partial charge in [0, 0.05) is 57.1 Å². The fraction of sp³-hybridized carbons (Fsp3) is 0.562. The first kappa shape index (κ1) is 16.3. The highest BCUT2D eigenvalue weighted by Gasteiger charge is 2.19. The minimum Gasteiger partial charge on any atom is -0.372 e. The van der Waals surface area contributed by atoms with E-state index in [0.29, 0.717) is 0 Å². The topological polar surface area (TPSA) is 54.4 Å². The molecule has 0 amide bonds. The lowest BCUT2D eigenvalue weighted by molar-refractivity contribution is 0.0760. The van der Waals surface area contributed by atoms with Crippen LogP contribution in [0.3, 0.4) is 0 Å². The van der Waals surface area contributed by atoms with Crippen LogP contribution in [0.4, 0.5) is 5.82 Å². The second-order valence-electron chi connectivity index (χ2n) is 5.60. The molecule has 1 unspecified atom stereocenters. The Labute approximate surface area is 141 Å². The first-order valence-corrected chi connectivity index (χ1v) is 8.93. The van der Waals surface area contributed by atoms with Gasteiger partial charge in [-0.2, -0.15) is 0 Å². The van der Waals surface area contributed by atoms with Gasteiger partial charge in [-0.25, -0.2) is 9.97 Å². The number of piperazine rings is 1. The summed E-state index contributed by atoms with van der Waals surface area (Å²) >= 11 is 1.69. The van der Waals surface area contributed by atoms with Crippen LogP contribution in [0.25, 0.3) is 0 Å². The molecule has 2 aromatic heterocycles. The molecular formula is C16H23N5OS. The van der Waals surface area contributed by atoms with Crippen LogP contribution in [-0.2, 0) is 11.3 Å². The second kappa shape index (κ2) is 7.81. The van der Waals surface area contributed by atoms with E-state index in [1.807, 2.05) is 13.1 Å². The molecule has 1 fully saturated rings. The molecule has 0 bridgehead atoms. The Bertz CT molecular complexity index is 598. The second-order valence-corrected chi connectivity index (χ2v) is 6.49. The number of anilines is 1. The van der Waals surface area contributed by atoms with Crippen molar-refractivity contribution in [2.45, 2.75) is 26.5 Å². The fourth-order valence-corrected chi connectivity index (χ4v) is 3.54. The summed E-state index contributed by atoms with van der Waals surface area (Å²) in [7, 11) is 0. The van der Waals surface area contributed by atoms with Crippen molar-refractivity contribution in [3.63, 3.8) is 0 Å². The van der Waals surface area contributed by atoms with Gasteiger partial charge in [0.05, 0.1) is 11.9 Å². The minimum absolute atomic E-state index is 0.0900. The molecule has 1 atom stereocenters. The molecule has 23 heavy (non-hydrogen) atoms. The predicted molar refractivity (Wildman–Crippen MR) is 91.7 cm³/mol. The Morgan fingerprint density at radius 2 is 2.09 bits per heavy atom. The summed E-state index contributed by atoms with van der Waals surface area (Å²) in [5.74, 6) is 0.966. The van der Waals surface area contributed by atoms with E-state index in [1.165, 1.54) is 0 Å². The molecular weight excluding hydrogens is 310 g/mol. The van der Waals surface area contributed by atoms with Crippen molar-refractivity contribution in [3.8, 4) is 0 Å². The van der Waals surface area contributed by atoms with Gasteiger partial charge in [0.1, 0.15) is 16.9 Å². The number of hydrogen-bond donors (Lipinski definition) is 0. The lowest BCUT2D eigenvalue weighted by Crippen LogP contribution is -2.46. The Morgan fingerprint density at radius 1 is 1.26 bits per heavy atom. The average Bonchev–Trinajstić information content (AvgIpc) is 3.05. The SMILES string of the molecule is CCOC(C)c1nc(CN2CCN(c3cnccn3)CC2)cs1.